The van der Waals surface area contributed by atoms with Crippen molar-refractivity contribution in [1.82, 2.24) is 19.9 Å². The average Bonchev–Trinajstić information content (AvgIpc) is 3.66. The van der Waals surface area contributed by atoms with Gasteiger partial charge in [0.05, 0.1) is 27.6 Å². The summed E-state index contributed by atoms with van der Waals surface area (Å²) in [4.78, 5) is 23.6. The van der Waals surface area contributed by atoms with E-state index in [1.807, 2.05) is 72.9 Å². The molecule has 3 aromatic heterocycles. The summed E-state index contributed by atoms with van der Waals surface area (Å²) in [5.41, 5.74) is 4.47. The number of methoxy groups -OCH3 is 1. The number of hydrogen-bond donors (Lipinski definition) is 2. The molecule has 0 saturated carbocycles. The molecule has 1 aliphatic heterocycles. The zero-order chi connectivity index (χ0) is 26.1. The molecule has 10 heteroatoms. The number of para-hydroxylation sites is 1. The van der Waals surface area contributed by atoms with E-state index in [2.05, 4.69) is 37.2 Å². The van der Waals surface area contributed by atoms with Gasteiger partial charge in [-0.2, -0.15) is 0 Å². The maximum atomic E-state index is 12.0. The van der Waals surface area contributed by atoms with Gasteiger partial charge in [0, 0.05) is 30.9 Å². The number of carbonyl (C=O) groups is 1. The van der Waals surface area contributed by atoms with Gasteiger partial charge in [-0.25, -0.2) is 4.98 Å². The van der Waals surface area contributed by atoms with Gasteiger partial charge in [0.2, 0.25) is 5.91 Å². The Morgan fingerprint density at radius 1 is 1.08 bits per heavy atom. The van der Waals surface area contributed by atoms with Crippen LogP contribution in [0.4, 0.5) is 11.4 Å². The minimum absolute atomic E-state index is 0.00152. The molecule has 0 spiro atoms. The molecule has 5 aromatic rings. The number of ether oxygens (including phenoxy) is 1. The molecule has 0 aliphatic carbocycles. The molecule has 6 rings (SSSR count). The number of carbonyl (C=O) groups excluding carboxylic acids is 1. The number of benzene rings is 2. The topological polar surface area (TPSA) is 84.3 Å². The second kappa shape index (κ2) is 10.3. The lowest BCUT2D eigenvalue weighted by Crippen LogP contribution is -2.30. The van der Waals surface area contributed by atoms with Gasteiger partial charge < -0.3 is 20.3 Å². The van der Waals surface area contributed by atoms with Crippen molar-refractivity contribution in [2.24, 2.45) is 0 Å². The van der Waals surface area contributed by atoms with Crippen LogP contribution in [0.15, 0.2) is 91.3 Å². The van der Waals surface area contributed by atoms with Gasteiger partial charge in [-0.1, -0.05) is 29.5 Å². The van der Waals surface area contributed by atoms with E-state index in [1.165, 1.54) is 7.11 Å². The van der Waals surface area contributed by atoms with Gasteiger partial charge >= 0.3 is 0 Å². The van der Waals surface area contributed by atoms with Crippen LogP contribution in [-0.4, -0.2) is 39.3 Å². The first kappa shape index (κ1) is 24.2. The third kappa shape index (κ3) is 4.53. The number of fused-ring (bicyclic) bond motifs is 1. The van der Waals surface area contributed by atoms with Crippen molar-refractivity contribution < 1.29 is 9.53 Å². The fourth-order valence-electron chi connectivity index (χ4n) is 4.74. The number of nitrogens with zero attached hydrogens (tertiary/aromatic N) is 4. The van der Waals surface area contributed by atoms with Crippen LogP contribution in [0.1, 0.15) is 23.5 Å². The van der Waals surface area contributed by atoms with Gasteiger partial charge in [-0.3, -0.25) is 14.3 Å². The molecular weight excluding hydrogens is 516 g/mol. The molecule has 38 heavy (non-hydrogen) atoms. The highest BCUT2D eigenvalue weighted by atomic mass is 32.1. The minimum atomic E-state index is -0.208. The normalized spacial score (nSPS) is 17.1. The lowest BCUT2D eigenvalue weighted by Gasteiger charge is -2.28. The summed E-state index contributed by atoms with van der Waals surface area (Å²) in [7, 11) is 1.49. The SMILES string of the molecule is COCC(=O)Nc1ccc(N2C(=S)NC(c3ccccn3)C2c2cccn2-c2nc3ccccc3s2)cc1. The number of pyridine rings is 1. The van der Waals surface area contributed by atoms with E-state index in [0.717, 1.165) is 32.4 Å². The van der Waals surface area contributed by atoms with Crippen LogP contribution >= 0.6 is 23.6 Å². The fraction of sp³-hybridized carbons (Fsp3) is 0.143. The second-order valence-electron chi connectivity index (χ2n) is 8.79. The van der Waals surface area contributed by atoms with Crippen molar-refractivity contribution in [2.45, 2.75) is 12.1 Å². The first-order chi connectivity index (χ1) is 18.6. The molecule has 8 nitrogen and oxygen atoms in total. The number of nitrogens with one attached hydrogen (secondary N) is 2. The number of thiazole rings is 1. The van der Waals surface area contributed by atoms with E-state index in [-0.39, 0.29) is 24.6 Å². The van der Waals surface area contributed by atoms with Crippen LogP contribution in [-0.2, 0) is 9.53 Å². The predicted octanol–water partition coefficient (Wildman–Crippen LogP) is 5.24. The number of hydrogen-bond acceptors (Lipinski definition) is 6. The highest BCUT2D eigenvalue weighted by Crippen LogP contribution is 2.43. The summed E-state index contributed by atoms with van der Waals surface area (Å²) in [5, 5.41) is 7.83. The molecule has 1 fully saturated rings. The van der Waals surface area contributed by atoms with E-state index in [0.29, 0.717) is 10.8 Å². The monoisotopic (exact) mass is 540 g/mol. The number of amides is 1. The van der Waals surface area contributed by atoms with Crippen molar-refractivity contribution in [3.63, 3.8) is 0 Å². The van der Waals surface area contributed by atoms with E-state index >= 15 is 0 Å². The van der Waals surface area contributed by atoms with Crippen molar-refractivity contribution in [1.29, 1.82) is 0 Å². The molecule has 2 N–H and O–H groups in total. The fourth-order valence-corrected chi connectivity index (χ4v) is 6.06. The van der Waals surface area contributed by atoms with E-state index in [9.17, 15) is 4.79 Å². The molecular formula is C28H24N6O2S2. The number of rotatable bonds is 7. The van der Waals surface area contributed by atoms with E-state index < -0.39 is 0 Å². The lowest BCUT2D eigenvalue weighted by atomic mass is 10.0. The van der Waals surface area contributed by atoms with E-state index in [4.69, 9.17) is 21.9 Å². The minimum Gasteiger partial charge on any atom is -0.375 e. The molecule has 0 radical (unpaired) electrons. The highest BCUT2D eigenvalue weighted by Gasteiger charge is 2.42. The Kier molecular flexibility index (Phi) is 6.59. The standard InChI is InChI=1S/C28H24N6O2S2/c1-36-17-24(35)30-18-11-13-19(14-12-18)34-26(25(32-27(34)37)21-8-4-5-15-29-21)22-9-6-16-33(22)28-31-20-7-2-3-10-23(20)38-28/h2-16,25-26H,17H2,1H3,(H,30,35)(H,32,37). The molecule has 2 aromatic carbocycles. The van der Waals surface area contributed by atoms with Gasteiger partial charge in [0.1, 0.15) is 12.6 Å². The van der Waals surface area contributed by atoms with Crippen LogP contribution in [0.5, 0.6) is 0 Å². The van der Waals surface area contributed by atoms with Crippen molar-refractivity contribution in [3.05, 3.63) is 103 Å². The predicted molar refractivity (Wildman–Crippen MR) is 154 cm³/mol. The largest absolute Gasteiger partial charge is 0.375 e. The molecule has 2 atom stereocenters. The molecule has 1 saturated heterocycles. The summed E-state index contributed by atoms with van der Waals surface area (Å²) in [5.74, 6) is -0.208. The zero-order valence-electron chi connectivity index (χ0n) is 20.4. The molecule has 4 heterocycles. The summed E-state index contributed by atoms with van der Waals surface area (Å²) in [6.45, 7) is -0.00152. The molecule has 190 valence electrons. The van der Waals surface area contributed by atoms with Crippen LogP contribution in [0.25, 0.3) is 15.3 Å². The number of anilines is 2. The van der Waals surface area contributed by atoms with Crippen LogP contribution in [0, 0.1) is 0 Å². The molecule has 1 aliphatic rings. The quantitative estimate of drug-likeness (QED) is 0.273. The Balaban J connectivity index is 1.42. The van der Waals surface area contributed by atoms with Crippen LogP contribution in [0.3, 0.4) is 0 Å². The lowest BCUT2D eigenvalue weighted by molar-refractivity contribution is -0.119. The number of aromatic nitrogens is 3. The molecule has 0 bridgehead atoms. The maximum Gasteiger partial charge on any atom is 0.250 e. The van der Waals surface area contributed by atoms with Gasteiger partial charge in [0.25, 0.3) is 0 Å². The number of thiocarbonyl (C=S) groups is 1. The van der Waals surface area contributed by atoms with E-state index in [1.54, 1.807) is 17.5 Å². The van der Waals surface area contributed by atoms with Crippen molar-refractivity contribution in [2.75, 3.05) is 23.9 Å². The van der Waals surface area contributed by atoms with Crippen molar-refractivity contribution in [3.8, 4) is 5.13 Å². The first-order valence-corrected chi connectivity index (χ1v) is 13.3. The Hall–Kier alpha value is -4.12. The highest BCUT2D eigenvalue weighted by molar-refractivity contribution is 7.80. The third-order valence-electron chi connectivity index (χ3n) is 6.37. The summed E-state index contributed by atoms with van der Waals surface area (Å²) < 4.78 is 8.18. The smallest absolute Gasteiger partial charge is 0.250 e. The second-order valence-corrected chi connectivity index (χ2v) is 10.2. The Morgan fingerprint density at radius 3 is 2.66 bits per heavy atom. The summed E-state index contributed by atoms with van der Waals surface area (Å²) in [6.07, 6.45) is 3.83. The molecule has 2 unspecified atom stereocenters. The Morgan fingerprint density at radius 2 is 1.89 bits per heavy atom. The van der Waals surface area contributed by atoms with Gasteiger partial charge in [-0.15, -0.1) is 0 Å². The van der Waals surface area contributed by atoms with Crippen LogP contribution in [0.2, 0.25) is 0 Å². The zero-order valence-corrected chi connectivity index (χ0v) is 22.1. The van der Waals surface area contributed by atoms with Crippen molar-refractivity contribution >= 4 is 56.2 Å². The third-order valence-corrected chi connectivity index (χ3v) is 7.73. The first-order valence-electron chi connectivity index (χ1n) is 12.0. The van der Waals surface area contributed by atoms with Gasteiger partial charge in [-0.05, 0) is 72.9 Å². The summed E-state index contributed by atoms with van der Waals surface area (Å²) in [6, 6.07) is 25.4. The van der Waals surface area contributed by atoms with Gasteiger partial charge in [0.15, 0.2) is 10.2 Å². The molecule has 1 amide bonds. The average molecular weight is 541 g/mol. The Bertz CT molecular complexity index is 1570. The maximum absolute atomic E-state index is 12.0. The van der Waals surface area contributed by atoms with Crippen LogP contribution < -0.4 is 15.5 Å². The summed E-state index contributed by atoms with van der Waals surface area (Å²) >= 11 is 7.53. The Labute approximate surface area is 228 Å².